The van der Waals surface area contributed by atoms with Gasteiger partial charge in [0.2, 0.25) is 6.79 Å². The maximum Gasteiger partial charge on any atom is 0.267 e. The topological polar surface area (TPSA) is 70.4 Å². The Morgan fingerprint density at radius 3 is 2.67 bits per heavy atom. The number of carbonyl (C=O) groups excluding carboxylic acids is 1. The molecule has 27 heavy (non-hydrogen) atoms. The van der Waals surface area contributed by atoms with Gasteiger partial charge in [-0.2, -0.15) is 5.10 Å². The molecule has 0 radical (unpaired) electrons. The number of hydrogen-bond acceptors (Lipinski definition) is 5. The first-order chi connectivity index (χ1) is 13.0. The summed E-state index contributed by atoms with van der Waals surface area (Å²) in [7, 11) is 0. The van der Waals surface area contributed by atoms with Crippen molar-refractivity contribution >= 4 is 5.78 Å². The number of hydrogen-bond donors (Lipinski definition) is 0. The van der Waals surface area contributed by atoms with Crippen LogP contribution in [-0.4, -0.2) is 22.4 Å². The molecule has 0 amide bonds. The summed E-state index contributed by atoms with van der Waals surface area (Å²) in [6.07, 6.45) is 0. The molecule has 1 aliphatic rings. The van der Waals surface area contributed by atoms with Crippen LogP contribution in [0.2, 0.25) is 0 Å². The smallest absolute Gasteiger partial charge is 0.267 e. The largest absolute Gasteiger partial charge is 0.454 e. The van der Waals surface area contributed by atoms with Crippen molar-refractivity contribution in [2.24, 2.45) is 0 Å². The molecule has 6 nitrogen and oxygen atoms in total. The predicted octanol–water partition coefficient (Wildman–Crippen LogP) is 3.14. The number of ether oxygens (including phenoxy) is 2. The Bertz CT molecular complexity index is 1100. The summed E-state index contributed by atoms with van der Waals surface area (Å²) in [5.41, 5.74) is 3.62. The first-order valence-electron chi connectivity index (χ1n) is 8.60. The van der Waals surface area contributed by atoms with Crippen LogP contribution >= 0.6 is 0 Å². The summed E-state index contributed by atoms with van der Waals surface area (Å²) in [6.45, 7) is 3.94. The van der Waals surface area contributed by atoms with E-state index in [-0.39, 0.29) is 24.7 Å². The summed E-state index contributed by atoms with van der Waals surface area (Å²) in [4.78, 5) is 24.9. The minimum atomic E-state index is -0.322. The fourth-order valence-electron chi connectivity index (χ4n) is 3.12. The second-order valence-electron chi connectivity index (χ2n) is 6.52. The molecule has 1 aromatic heterocycles. The van der Waals surface area contributed by atoms with Crippen LogP contribution < -0.4 is 15.0 Å². The van der Waals surface area contributed by atoms with Gasteiger partial charge in [0.1, 0.15) is 6.54 Å². The monoisotopic (exact) mass is 362 g/mol. The van der Waals surface area contributed by atoms with Crippen LogP contribution in [0.1, 0.15) is 21.5 Å². The average Bonchev–Trinajstić information content (AvgIpc) is 3.11. The lowest BCUT2D eigenvalue weighted by Gasteiger charge is -2.09. The SMILES string of the molecule is Cc1ccc(C(=O)Cn2nc(-c3ccc4c(c3)OCO4)ccc2=O)c(C)c1. The van der Waals surface area contributed by atoms with Crippen LogP contribution in [-0.2, 0) is 6.54 Å². The molecule has 0 atom stereocenters. The van der Waals surface area contributed by atoms with Crippen LogP contribution in [0.15, 0.2) is 53.3 Å². The summed E-state index contributed by atoms with van der Waals surface area (Å²) < 4.78 is 11.9. The second kappa shape index (κ2) is 6.72. The van der Waals surface area contributed by atoms with Crippen molar-refractivity contribution in [1.29, 1.82) is 0 Å². The zero-order valence-electron chi connectivity index (χ0n) is 15.1. The Balaban J connectivity index is 1.65. The molecular weight excluding hydrogens is 344 g/mol. The fourth-order valence-corrected chi connectivity index (χ4v) is 3.12. The molecule has 0 fully saturated rings. The lowest BCUT2D eigenvalue weighted by Crippen LogP contribution is -2.26. The van der Waals surface area contributed by atoms with E-state index in [4.69, 9.17) is 9.47 Å². The summed E-state index contributed by atoms with van der Waals surface area (Å²) in [5, 5.41) is 4.37. The molecule has 4 rings (SSSR count). The van der Waals surface area contributed by atoms with Crippen molar-refractivity contribution in [3.8, 4) is 22.8 Å². The summed E-state index contributed by atoms with van der Waals surface area (Å²) in [5.74, 6) is 1.17. The molecule has 2 aromatic carbocycles. The van der Waals surface area contributed by atoms with Crippen LogP contribution in [0.4, 0.5) is 0 Å². The van der Waals surface area contributed by atoms with Crippen molar-refractivity contribution in [3.63, 3.8) is 0 Å². The van der Waals surface area contributed by atoms with Crippen molar-refractivity contribution in [3.05, 3.63) is 75.6 Å². The molecule has 0 saturated carbocycles. The van der Waals surface area contributed by atoms with Gasteiger partial charge >= 0.3 is 0 Å². The molecule has 0 aliphatic carbocycles. The molecule has 0 bridgehead atoms. The van der Waals surface area contributed by atoms with Crippen molar-refractivity contribution in [1.82, 2.24) is 9.78 Å². The summed E-state index contributed by atoms with van der Waals surface area (Å²) in [6, 6.07) is 14.1. The number of aryl methyl sites for hydroxylation is 2. The van der Waals surface area contributed by atoms with Crippen LogP contribution in [0.5, 0.6) is 11.5 Å². The van der Waals surface area contributed by atoms with E-state index < -0.39 is 0 Å². The first-order valence-corrected chi connectivity index (χ1v) is 8.60. The highest BCUT2D eigenvalue weighted by atomic mass is 16.7. The van der Waals surface area contributed by atoms with Gasteiger partial charge < -0.3 is 9.47 Å². The molecule has 0 saturated heterocycles. The van der Waals surface area contributed by atoms with E-state index in [1.807, 2.05) is 38.1 Å². The molecule has 3 aromatic rings. The van der Waals surface area contributed by atoms with Gasteiger partial charge in [0.05, 0.1) is 5.69 Å². The molecule has 0 unspecified atom stereocenters. The minimum Gasteiger partial charge on any atom is -0.454 e. The normalized spacial score (nSPS) is 12.2. The van der Waals surface area contributed by atoms with Gasteiger partial charge in [-0.25, -0.2) is 4.68 Å². The maximum atomic E-state index is 12.7. The van der Waals surface area contributed by atoms with E-state index in [1.54, 1.807) is 18.2 Å². The second-order valence-corrected chi connectivity index (χ2v) is 6.52. The average molecular weight is 362 g/mol. The predicted molar refractivity (Wildman–Crippen MR) is 100 cm³/mol. The van der Waals surface area contributed by atoms with Gasteiger partial charge in [-0.1, -0.05) is 23.8 Å². The zero-order chi connectivity index (χ0) is 19.0. The number of carbonyl (C=O) groups is 1. The number of aromatic nitrogens is 2. The molecule has 0 N–H and O–H groups in total. The number of nitrogens with zero attached hydrogens (tertiary/aromatic N) is 2. The highest BCUT2D eigenvalue weighted by molar-refractivity contribution is 5.97. The van der Waals surface area contributed by atoms with Gasteiger partial charge in [-0.3, -0.25) is 9.59 Å². The third-order valence-corrected chi connectivity index (χ3v) is 4.51. The van der Waals surface area contributed by atoms with Gasteiger partial charge in [-0.05, 0) is 43.7 Å². The zero-order valence-corrected chi connectivity index (χ0v) is 15.1. The van der Waals surface area contributed by atoms with Crippen molar-refractivity contribution < 1.29 is 14.3 Å². The Kier molecular flexibility index (Phi) is 4.24. The van der Waals surface area contributed by atoms with Crippen molar-refractivity contribution in [2.75, 3.05) is 6.79 Å². The molecule has 136 valence electrons. The Morgan fingerprint density at radius 1 is 1.04 bits per heavy atom. The number of benzene rings is 2. The Morgan fingerprint density at radius 2 is 1.85 bits per heavy atom. The summed E-state index contributed by atoms with van der Waals surface area (Å²) >= 11 is 0. The van der Waals surface area contributed by atoms with E-state index in [2.05, 4.69) is 5.10 Å². The van der Waals surface area contributed by atoms with Gasteiger partial charge in [0.15, 0.2) is 17.3 Å². The number of fused-ring (bicyclic) bond motifs is 1. The fraction of sp³-hybridized carbons (Fsp3) is 0.190. The van der Waals surface area contributed by atoms with E-state index in [0.717, 1.165) is 16.7 Å². The van der Waals surface area contributed by atoms with Crippen LogP contribution in [0.25, 0.3) is 11.3 Å². The van der Waals surface area contributed by atoms with Crippen molar-refractivity contribution in [2.45, 2.75) is 20.4 Å². The molecule has 0 spiro atoms. The van der Waals surface area contributed by atoms with E-state index in [1.165, 1.54) is 10.7 Å². The lowest BCUT2D eigenvalue weighted by atomic mass is 10.0. The Labute approximate surface area is 156 Å². The van der Waals surface area contributed by atoms with Gasteiger partial charge in [-0.15, -0.1) is 0 Å². The third-order valence-electron chi connectivity index (χ3n) is 4.51. The molecule has 6 heteroatoms. The lowest BCUT2D eigenvalue weighted by molar-refractivity contribution is 0.0965. The van der Waals surface area contributed by atoms with E-state index in [0.29, 0.717) is 22.8 Å². The minimum absolute atomic E-state index is 0.110. The van der Waals surface area contributed by atoms with Gasteiger partial charge in [0, 0.05) is 17.2 Å². The molecule has 1 aliphatic heterocycles. The molecule has 2 heterocycles. The highest BCUT2D eigenvalue weighted by Crippen LogP contribution is 2.35. The highest BCUT2D eigenvalue weighted by Gasteiger charge is 2.16. The standard InChI is InChI=1S/C21H18N2O4/c1-13-3-5-16(14(2)9-13)18(24)11-23-21(25)8-6-17(22-23)15-4-7-19-20(10-15)27-12-26-19/h3-10H,11-12H2,1-2H3. The van der Waals surface area contributed by atoms with Crippen LogP contribution in [0.3, 0.4) is 0 Å². The van der Waals surface area contributed by atoms with E-state index >= 15 is 0 Å². The number of ketones is 1. The quantitative estimate of drug-likeness (QED) is 0.667. The first kappa shape index (κ1) is 17.0. The number of rotatable bonds is 4. The Hall–Kier alpha value is -3.41. The maximum absolute atomic E-state index is 12.7. The van der Waals surface area contributed by atoms with Crippen LogP contribution in [0, 0.1) is 13.8 Å². The van der Waals surface area contributed by atoms with E-state index in [9.17, 15) is 9.59 Å². The number of Topliss-reactive ketones (excluding diaryl/α,β-unsaturated/α-hetero) is 1. The molecular formula is C21H18N2O4. The van der Waals surface area contributed by atoms with Gasteiger partial charge in [0.25, 0.3) is 5.56 Å². The third kappa shape index (κ3) is 3.33.